The lowest BCUT2D eigenvalue weighted by Gasteiger charge is -2.22. The number of hydrogen-bond donors (Lipinski definition) is 1. The molecule has 0 amide bonds. The monoisotopic (exact) mass is 248 g/mol. The van der Waals surface area contributed by atoms with E-state index in [0.717, 1.165) is 18.4 Å². The van der Waals surface area contributed by atoms with Crippen molar-refractivity contribution in [2.75, 3.05) is 0 Å². The summed E-state index contributed by atoms with van der Waals surface area (Å²) in [6, 6.07) is 0. The zero-order valence-corrected chi connectivity index (χ0v) is 11.0. The molecular formula is C15H20O3. The van der Waals surface area contributed by atoms with Crippen LogP contribution in [0.2, 0.25) is 0 Å². The number of aliphatic hydroxyl groups excluding tert-OH is 1. The summed E-state index contributed by atoms with van der Waals surface area (Å²) in [5, 5.41) is 10.3. The second kappa shape index (κ2) is 5.11. The molecule has 1 heterocycles. The van der Waals surface area contributed by atoms with Crippen molar-refractivity contribution in [3.63, 3.8) is 0 Å². The molecule has 1 unspecified atom stereocenters. The Kier molecular flexibility index (Phi) is 3.71. The zero-order valence-electron chi connectivity index (χ0n) is 11.0. The van der Waals surface area contributed by atoms with Crippen molar-refractivity contribution >= 4 is 5.97 Å². The van der Waals surface area contributed by atoms with Crippen molar-refractivity contribution in [2.45, 2.75) is 45.3 Å². The summed E-state index contributed by atoms with van der Waals surface area (Å²) < 4.78 is 5.32. The Balaban J connectivity index is 2.32. The summed E-state index contributed by atoms with van der Waals surface area (Å²) in [4.78, 5) is 11.6. The minimum Gasteiger partial charge on any atom is -0.458 e. The van der Waals surface area contributed by atoms with E-state index in [0.29, 0.717) is 12.0 Å². The van der Waals surface area contributed by atoms with Crippen molar-refractivity contribution in [2.24, 2.45) is 5.92 Å². The molecule has 3 heteroatoms. The predicted molar refractivity (Wildman–Crippen MR) is 69.9 cm³/mol. The fraction of sp³-hybridized carbons (Fsp3) is 0.533. The van der Waals surface area contributed by atoms with Crippen LogP contribution in [-0.2, 0) is 9.53 Å². The van der Waals surface area contributed by atoms with Crippen LogP contribution < -0.4 is 0 Å². The van der Waals surface area contributed by atoms with Crippen LogP contribution in [0, 0.1) is 5.92 Å². The van der Waals surface area contributed by atoms with E-state index in [-0.39, 0.29) is 18.0 Å². The van der Waals surface area contributed by atoms with Gasteiger partial charge >= 0.3 is 5.97 Å². The normalized spacial score (nSPS) is 39.2. The minimum atomic E-state index is -0.681. The summed E-state index contributed by atoms with van der Waals surface area (Å²) in [6.45, 7) is 7.81. The molecular weight excluding hydrogens is 228 g/mol. The third kappa shape index (κ3) is 2.56. The zero-order chi connectivity index (χ0) is 13.3. The van der Waals surface area contributed by atoms with Crippen molar-refractivity contribution in [1.82, 2.24) is 0 Å². The van der Waals surface area contributed by atoms with Crippen molar-refractivity contribution in [3.8, 4) is 0 Å². The fourth-order valence-electron chi connectivity index (χ4n) is 2.67. The molecule has 1 aliphatic heterocycles. The van der Waals surface area contributed by atoms with Crippen LogP contribution in [0.5, 0.6) is 0 Å². The summed E-state index contributed by atoms with van der Waals surface area (Å²) in [6.07, 6.45) is 5.64. The fourth-order valence-corrected chi connectivity index (χ4v) is 2.67. The Hall–Kier alpha value is -1.35. The number of fused-ring (bicyclic) bond motifs is 1. The number of carbonyl (C=O) groups excluding carboxylic acids is 1. The maximum Gasteiger partial charge on any atom is 0.334 e. The molecule has 98 valence electrons. The molecule has 2 aliphatic rings. The van der Waals surface area contributed by atoms with Crippen molar-refractivity contribution in [1.29, 1.82) is 0 Å². The van der Waals surface area contributed by atoms with Gasteiger partial charge in [-0.2, -0.15) is 0 Å². The van der Waals surface area contributed by atoms with Crippen molar-refractivity contribution < 1.29 is 14.6 Å². The summed E-state index contributed by atoms with van der Waals surface area (Å²) in [5.74, 6) is -0.684. The molecule has 0 saturated carbocycles. The first-order valence-corrected chi connectivity index (χ1v) is 6.40. The molecule has 1 N–H and O–H groups in total. The SMILES string of the molecule is C=C1C(=O)OC2C/C(C)=C/CC/C(C)=C/[C@H](O)[C@H]12. The summed E-state index contributed by atoms with van der Waals surface area (Å²) in [7, 11) is 0. The number of esters is 1. The van der Waals surface area contributed by atoms with E-state index < -0.39 is 6.10 Å². The molecule has 1 aliphatic carbocycles. The van der Waals surface area contributed by atoms with E-state index in [9.17, 15) is 9.90 Å². The molecule has 0 spiro atoms. The second-order valence-electron chi connectivity index (χ2n) is 5.29. The van der Waals surface area contributed by atoms with Gasteiger partial charge in [0.2, 0.25) is 0 Å². The van der Waals surface area contributed by atoms with Gasteiger partial charge in [0, 0.05) is 12.0 Å². The Labute approximate surface area is 108 Å². The van der Waals surface area contributed by atoms with Crippen LogP contribution in [0.15, 0.2) is 35.5 Å². The van der Waals surface area contributed by atoms with Gasteiger partial charge in [0.1, 0.15) is 6.10 Å². The highest BCUT2D eigenvalue weighted by atomic mass is 16.6. The molecule has 1 fully saturated rings. The van der Waals surface area contributed by atoms with Gasteiger partial charge in [-0.25, -0.2) is 4.79 Å². The molecule has 0 radical (unpaired) electrons. The molecule has 2 rings (SSSR count). The first-order valence-electron chi connectivity index (χ1n) is 6.40. The first-order chi connectivity index (χ1) is 8.49. The van der Waals surface area contributed by atoms with Crippen LogP contribution in [0.4, 0.5) is 0 Å². The second-order valence-corrected chi connectivity index (χ2v) is 5.29. The van der Waals surface area contributed by atoms with Gasteiger partial charge in [0.25, 0.3) is 0 Å². The summed E-state index contributed by atoms with van der Waals surface area (Å²) in [5.41, 5.74) is 2.73. The molecule has 0 bridgehead atoms. The van der Waals surface area contributed by atoms with Gasteiger partial charge in [-0.3, -0.25) is 0 Å². The highest BCUT2D eigenvalue weighted by molar-refractivity contribution is 5.91. The molecule has 1 saturated heterocycles. The molecule has 0 aromatic rings. The molecule has 3 nitrogen and oxygen atoms in total. The van der Waals surface area contributed by atoms with E-state index in [1.165, 1.54) is 5.57 Å². The van der Waals surface area contributed by atoms with Crippen LogP contribution in [0.25, 0.3) is 0 Å². The highest BCUT2D eigenvalue weighted by Crippen LogP contribution is 2.34. The average molecular weight is 248 g/mol. The van der Waals surface area contributed by atoms with Crippen molar-refractivity contribution in [3.05, 3.63) is 35.5 Å². The lowest BCUT2D eigenvalue weighted by molar-refractivity contribution is -0.139. The minimum absolute atomic E-state index is 0.279. The van der Waals surface area contributed by atoms with E-state index in [2.05, 4.69) is 12.7 Å². The summed E-state index contributed by atoms with van der Waals surface area (Å²) >= 11 is 0. The first kappa shape index (κ1) is 13.1. The molecule has 3 atom stereocenters. The number of rotatable bonds is 0. The maximum absolute atomic E-state index is 11.6. The Morgan fingerprint density at radius 2 is 2.11 bits per heavy atom. The Morgan fingerprint density at radius 1 is 1.39 bits per heavy atom. The van der Waals surface area contributed by atoms with Crippen LogP contribution in [-0.4, -0.2) is 23.3 Å². The number of aliphatic hydroxyl groups is 1. The van der Waals surface area contributed by atoms with Gasteiger partial charge in [0.05, 0.1) is 12.0 Å². The Bertz CT molecular complexity index is 431. The third-order valence-corrected chi connectivity index (χ3v) is 3.70. The topological polar surface area (TPSA) is 46.5 Å². The van der Waals surface area contributed by atoms with Gasteiger partial charge in [-0.15, -0.1) is 0 Å². The number of allylic oxidation sites excluding steroid dienone is 2. The lowest BCUT2D eigenvalue weighted by Crippen LogP contribution is -2.28. The van der Waals surface area contributed by atoms with E-state index in [1.54, 1.807) is 0 Å². The molecule has 0 aromatic heterocycles. The maximum atomic E-state index is 11.6. The van der Waals surface area contributed by atoms with Crippen LogP contribution >= 0.6 is 0 Å². The average Bonchev–Trinajstić information content (AvgIpc) is 2.53. The van der Waals surface area contributed by atoms with Gasteiger partial charge in [-0.1, -0.05) is 29.9 Å². The highest BCUT2D eigenvalue weighted by Gasteiger charge is 2.42. The largest absolute Gasteiger partial charge is 0.458 e. The number of ether oxygens (including phenoxy) is 1. The number of carbonyl (C=O) groups is 1. The number of hydrogen-bond acceptors (Lipinski definition) is 3. The van der Waals surface area contributed by atoms with Gasteiger partial charge < -0.3 is 9.84 Å². The smallest absolute Gasteiger partial charge is 0.334 e. The van der Waals surface area contributed by atoms with Crippen LogP contribution in [0.1, 0.15) is 33.1 Å². The Morgan fingerprint density at radius 3 is 2.83 bits per heavy atom. The standard InChI is InChI=1S/C15H20O3/c1-9-5-4-6-10(2)8-13-14(12(16)7-9)11(3)15(17)18-13/h6-7,12-14,16H,3-5,8H2,1-2H3/b9-7+,10-6+/t12-,13?,14-/m0/s1. The van der Waals surface area contributed by atoms with E-state index in [4.69, 9.17) is 4.74 Å². The van der Waals surface area contributed by atoms with Gasteiger partial charge in [0.15, 0.2) is 0 Å². The van der Waals surface area contributed by atoms with E-state index >= 15 is 0 Å². The van der Waals surface area contributed by atoms with Crippen LogP contribution in [0.3, 0.4) is 0 Å². The predicted octanol–water partition coefficient (Wildman–Crippen LogP) is 2.52. The quantitative estimate of drug-likeness (QED) is 0.407. The molecule has 0 aromatic carbocycles. The van der Waals surface area contributed by atoms with Gasteiger partial charge in [-0.05, 0) is 26.7 Å². The molecule has 18 heavy (non-hydrogen) atoms. The van der Waals surface area contributed by atoms with E-state index in [1.807, 2.05) is 19.9 Å². The third-order valence-electron chi connectivity index (χ3n) is 3.70. The lowest BCUT2D eigenvalue weighted by atomic mass is 9.86.